The van der Waals surface area contributed by atoms with Crippen molar-refractivity contribution in [2.75, 3.05) is 19.8 Å². The molecule has 1 aliphatic carbocycles. The molecule has 15 heavy (non-hydrogen) atoms. The fourth-order valence-corrected chi connectivity index (χ4v) is 3.26. The first kappa shape index (κ1) is 11.4. The van der Waals surface area contributed by atoms with E-state index in [4.69, 9.17) is 4.74 Å². The Bertz CT molecular complexity index is 177. The zero-order valence-electron chi connectivity index (χ0n) is 10.0. The molecular weight excluding hydrogens is 186 g/mol. The van der Waals surface area contributed by atoms with Gasteiger partial charge in [-0.05, 0) is 50.5 Å². The van der Waals surface area contributed by atoms with Gasteiger partial charge in [0.15, 0.2) is 0 Å². The van der Waals surface area contributed by atoms with Crippen molar-refractivity contribution in [3.05, 3.63) is 0 Å². The average Bonchev–Trinajstić information content (AvgIpc) is 2.68. The lowest BCUT2D eigenvalue weighted by atomic mass is 9.86. The Morgan fingerprint density at radius 1 is 1.13 bits per heavy atom. The van der Waals surface area contributed by atoms with Gasteiger partial charge in [-0.2, -0.15) is 0 Å². The van der Waals surface area contributed by atoms with Crippen LogP contribution >= 0.6 is 0 Å². The van der Waals surface area contributed by atoms with Crippen LogP contribution in [-0.2, 0) is 4.74 Å². The Morgan fingerprint density at radius 3 is 2.67 bits per heavy atom. The Hall–Kier alpha value is -0.0800. The summed E-state index contributed by atoms with van der Waals surface area (Å²) in [6.45, 7) is 5.37. The summed E-state index contributed by atoms with van der Waals surface area (Å²) < 4.78 is 5.42. The lowest BCUT2D eigenvalue weighted by Crippen LogP contribution is -2.33. The molecule has 0 bridgehead atoms. The van der Waals surface area contributed by atoms with E-state index in [0.717, 1.165) is 37.6 Å². The van der Waals surface area contributed by atoms with E-state index in [9.17, 15) is 0 Å². The van der Waals surface area contributed by atoms with E-state index in [-0.39, 0.29) is 0 Å². The van der Waals surface area contributed by atoms with Crippen LogP contribution in [0.1, 0.15) is 45.4 Å². The minimum atomic E-state index is 0.817. The highest BCUT2D eigenvalue weighted by Gasteiger charge is 2.29. The zero-order valence-corrected chi connectivity index (χ0v) is 10.0. The Morgan fingerprint density at radius 2 is 1.93 bits per heavy atom. The van der Waals surface area contributed by atoms with Gasteiger partial charge in [-0.15, -0.1) is 0 Å². The summed E-state index contributed by atoms with van der Waals surface area (Å²) in [5, 5.41) is 3.65. The van der Waals surface area contributed by atoms with Crippen molar-refractivity contribution in [2.24, 2.45) is 11.8 Å². The number of nitrogens with one attached hydrogen (secondary N) is 1. The minimum Gasteiger partial charge on any atom is -0.381 e. The second-order valence-electron chi connectivity index (χ2n) is 5.15. The van der Waals surface area contributed by atoms with E-state index >= 15 is 0 Å². The predicted molar refractivity (Wildman–Crippen MR) is 63.0 cm³/mol. The first-order valence-corrected chi connectivity index (χ1v) is 6.71. The molecule has 1 N–H and O–H groups in total. The van der Waals surface area contributed by atoms with Gasteiger partial charge < -0.3 is 10.1 Å². The van der Waals surface area contributed by atoms with Crippen molar-refractivity contribution in [3.63, 3.8) is 0 Å². The van der Waals surface area contributed by atoms with Crippen LogP contribution in [0.2, 0.25) is 0 Å². The molecule has 88 valence electrons. The molecule has 2 aliphatic rings. The molecule has 2 rings (SSSR count). The van der Waals surface area contributed by atoms with Crippen molar-refractivity contribution >= 4 is 0 Å². The summed E-state index contributed by atoms with van der Waals surface area (Å²) in [6.07, 6.45) is 8.34. The van der Waals surface area contributed by atoms with E-state index in [1.54, 1.807) is 0 Å². The van der Waals surface area contributed by atoms with Gasteiger partial charge in [-0.3, -0.25) is 0 Å². The maximum Gasteiger partial charge on any atom is 0.0468 e. The molecule has 0 aromatic carbocycles. The van der Waals surface area contributed by atoms with Gasteiger partial charge in [-0.25, -0.2) is 0 Å². The molecule has 0 aromatic heterocycles. The largest absolute Gasteiger partial charge is 0.381 e. The molecule has 1 saturated heterocycles. The van der Waals surface area contributed by atoms with Gasteiger partial charge >= 0.3 is 0 Å². The van der Waals surface area contributed by atoms with Gasteiger partial charge in [0.1, 0.15) is 0 Å². The molecule has 2 fully saturated rings. The molecule has 0 radical (unpaired) electrons. The number of rotatable bonds is 4. The third-order valence-electron chi connectivity index (χ3n) is 4.10. The normalized spacial score (nSPS) is 33.4. The van der Waals surface area contributed by atoms with Crippen molar-refractivity contribution < 1.29 is 4.74 Å². The first-order valence-electron chi connectivity index (χ1n) is 6.71. The highest BCUT2D eigenvalue weighted by atomic mass is 16.5. The minimum absolute atomic E-state index is 0.817. The van der Waals surface area contributed by atoms with Gasteiger partial charge in [-0.1, -0.05) is 13.3 Å². The fraction of sp³-hybridized carbons (Fsp3) is 1.00. The number of hydrogen-bond acceptors (Lipinski definition) is 2. The van der Waals surface area contributed by atoms with E-state index in [1.165, 1.54) is 38.5 Å². The summed E-state index contributed by atoms with van der Waals surface area (Å²) >= 11 is 0. The molecule has 2 atom stereocenters. The lowest BCUT2D eigenvalue weighted by Gasteiger charge is -2.28. The van der Waals surface area contributed by atoms with E-state index in [0.29, 0.717) is 0 Å². The highest BCUT2D eigenvalue weighted by Crippen LogP contribution is 2.33. The quantitative estimate of drug-likeness (QED) is 0.771. The molecule has 2 unspecified atom stereocenters. The molecule has 2 heteroatoms. The Balaban J connectivity index is 1.76. The van der Waals surface area contributed by atoms with Crippen LogP contribution in [0, 0.1) is 11.8 Å². The topological polar surface area (TPSA) is 21.3 Å². The molecule has 1 saturated carbocycles. The van der Waals surface area contributed by atoms with Crippen molar-refractivity contribution in [1.82, 2.24) is 5.32 Å². The monoisotopic (exact) mass is 211 g/mol. The summed E-state index contributed by atoms with van der Waals surface area (Å²) in [5.41, 5.74) is 0. The van der Waals surface area contributed by atoms with Crippen molar-refractivity contribution in [2.45, 2.75) is 51.5 Å². The Kier molecular flexibility index (Phi) is 4.45. The molecular formula is C13H25NO. The SMILES string of the molecule is CCNC1CCCC1CC1CCOCC1. The van der Waals surface area contributed by atoms with Gasteiger partial charge in [0.05, 0.1) is 0 Å². The summed E-state index contributed by atoms with van der Waals surface area (Å²) in [6, 6.07) is 0.817. The third kappa shape index (κ3) is 3.18. The van der Waals surface area contributed by atoms with Gasteiger partial charge in [0.2, 0.25) is 0 Å². The van der Waals surface area contributed by atoms with Crippen molar-refractivity contribution in [1.29, 1.82) is 0 Å². The maximum atomic E-state index is 5.42. The molecule has 1 heterocycles. The second-order valence-corrected chi connectivity index (χ2v) is 5.15. The van der Waals surface area contributed by atoms with Gasteiger partial charge in [0, 0.05) is 19.3 Å². The standard InChI is InChI=1S/C13H25NO/c1-2-14-13-5-3-4-12(13)10-11-6-8-15-9-7-11/h11-14H,2-10H2,1H3. The molecule has 0 amide bonds. The van der Waals surface area contributed by atoms with E-state index in [1.807, 2.05) is 0 Å². The summed E-state index contributed by atoms with van der Waals surface area (Å²) in [5.74, 6) is 1.90. The van der Waals surface area contributed by atoms with Gasteiger partial charge in [0.25, 0.3) is 0 Å². The molecule has 1 aliphatic heterocycles. The summed E-state index contributed by atoms with van der Waals surface area (Å²) in [4.78, 5) is 0. The van der Waals surface area contributed by atoms with Crippen molar-refractivity contribution in [3.8, 4) is 0 Å². The Labute approximate surface area is 93.8 Å². The predicted octanol–water partition coefficient (Wildman–Crippen LogP) is 2.58. The zero-order chi connectivity index (χ0) is 10.5. The van der Waals surface area contributed by atoms with Crippen LogP contribution < -0.4 is 5.32 Å². The van der Waals surface area contributed by atoms with E-state index in [2.05, 4.69) is 12.2 Å². The second kappa shape index (κ2) is 5.86. The highest BCUT2D eigenvalue weighted by molar-refractivity contribution is 4.84. The fourth-order valence-electron chi connectivity index (χ4n) is 3.26. The average molecular weight is 211 g/mol. The number of ether oxygens (including phenoxy) is 1. The van der Waals surface area contributed by atoms with Crippen LogP contribution in [-0.4, -0.2) is 25.8 Å². The van der Waals surface area contributed by atoms with Crippen LogP contribution in [0.3, 0.4) is 0 Å². The third-order valence-corrected chi connectivity index (χ3v) is 4.10. The molecule has 0 spiro atoms. The molecule has 0 aromatic rings. The molecule has 2 nitrogen and oxygen atoms in total. The first-order chi connectivity index (χ1) is 7.40. The van der Waals surface area contributed by atoms with Crippen LogP contribution in [0.5, 0.6) is 0 Å². The smallest absolute Gasteiger partial charge is 0.0468 e. The van der Waals surface area contributed by atoms with Crippen LogP contribution in [0.15, 0.2) is 0 Å². The van der Waals surface area contributed by atoms with Crippen LogP contribution in [0.4, 0.5) is 0 Å². The summed E-state index contributed by atoms with van der Waals surface area (Å²) in [7, 11) is 0. The lowest BCUT2D eigenvalue weighted by molar-refractivity contribution is 0.0574. The van der Waals surface area contributed by atoms with E-state index < -0.39 is 0 Å². The van der Waals surface area contributed by atoms with Crippen LogP contribution in [0.25, 0.3) is 0 Å². The number of hydrogen-bond donors (Lipinski definition) is 1. The maximum absolute atomic E-state index is 5.42.